The van der Waals surface area contributed by atoms with Crippen molar-refractivity contribution in [1.82, 2.24) is 0 Å². The number of para-hydroxylation sites is 1. The van der Waals surface area contributed by atoms with Crippen molar-refractivity contribution in [1.29, 1.82) is 0 Å². The maximum absolute atomic E-state index is 5.89. The van der Waals surface area contributed by atoms with Crippen molar-refractivity contribution in [3.63, 3.8) is 0 Å². The third-order valence-electron chi connectivity index (χ3n) is 2.71. The van der Waals surface area contributed by atoms with Crippen molar-refractivity contribution >= 4 is 38.5 Å². The second-order valence-electron chi connectivity index (χ2n) is 3.77. The summed E-state index contributed by atoms with van der Waals surface area (Å²) < 4.78 is 6.55. The lowest BCUT2D eigenvalue weighted by molar-refractivity contribution is 0.615. The average molecular weight is 308 g/mol. The van der Waals surface area contributed by atoms with Gasteiger partial charge in [0.2, 0.25) is 0 Å². The Morgan fingerprint density at radius 3 is 2.53 bits per heavy atom. The third-order valence-corrected chi connectivity index (χ3v) is 3.58. The lowest BCUT2D eigenvalue weighted by atomic mass is 10.1. The van der Waals surface area contributed by atoms with Crippen LogP contribution in [-0.2, 0) is 0 Å². The van der Waals surface area contributed by atoms with Crippen LogP contribution >= 0.6 is 27.5 Å². The fourth-order valence-electron chi connectivity index (χ4n) is 1.88. The van der Waals surface area contributed by atoms with Gasteiger partial charge in [0.05, 0.1) is 10.7 Å². The van der Waals surface area contributed by atoms with Gasteiger partial charge >= 0.3 is 0 Å². The van der Waals surface area contributed by atoms with Crippen LogP contribution in [0.4, 0.5) is 0 Å². The molecule has 0 saturated carbocycles. The molecule has 17 heavy (non-hydrogen) atoms. The van der Waals surface area contributed by atoms with Crippen molar-refractivity contribution in [3.05, 3.63) is 58.2 Å². The van der Waals surface area contributed by atoms with Gasteiger partial charge in [-0.1, -0.05) is 35.9 Å². The van der Waals surface area contributed by atoms with Gasteiger partial charge in [0, 0.05) is 16.0 Å². The Morgan fingerprint density at radius 1 is 1.00 bits per heavy atom. The van der Waals surface area contributed by atoms with Gasteiger partial charge in [-0.2, -0.15) is 0 Å². The molecule has 0 fully saturated rings. The van der Waals surface area contributed by atoms with E-state index in [2.05, 4.69) is 15.9 Å². The number of benzene rings is 2. The quantitative estimate of drug-likeness (QED) is 0.577. The Balaban J connectivity index is 2.24. The predicted octanol–water partition coefficient (Wildman–Crippen LogP) is 5.52. The molecule has 2 aromatic carbocycles. The Kier molecular flexibility index (Phi) is 2.69. The van der Waals surface area contributed by atoms with E-state index in [1.165, 1.54) is 0 Å². The van der Waals surface area contributed by atoms with Gasteiger partial charge in [0.1, 0.15) is 5.58 Å². The Labute approximate surface area is 112 Å². The minimum atomic E-state index is 0.739. The molecular weight excluding hydrogens is 300 g/mol. The lowest BCUT2D eigenvalue weighted by Gasteiger charge is -1.98. The SMILES string of the molecule is Clc1ccc(-c2coc3c(Br)cccc23)cc1. The van der Waals surface area contributed by atoms with Crippen molar-refractivity contribution in [2.24, 2.45) is 0 Å². The van der Waals surface area contributed by atoms with Crippen LogP contribution in [0.1, 0.15) is 0 Å². The number of fused-ring (bicyclic) bond motifs is 1. The van der Waals surface area contributed by atoms with Gasteiger partial charge in [0.15, 0.2) is 0 Å². The Hall–Kier alpha value is -1.25. The number of furan rings is 1. The van der Waals surface area contributed by atoms with Gasteiger partial charge in [-0.25, -0.2) is 0 Å². The zero-order valence-corrected chi connectivity index (χ0v) is 11.1. The second-order valence-corrected chi connectivity index (χ2v) is 5.06. The first kappa shape index (κ1) is 10.9. The predicted molar refractivity (Wildman–Crippen MR) is 74.4 cm³/mol. The summed E-state index contributed by atoms with van der Waals surface area (Å²) >= 11 is 9.37. The highest BCUT2D eigenvalue weighted by Gasteiger charge is 2.09. The molecule has 0 aliphatic heterocycles. The minimum Gasteiger partial charge on any atom is -0.462 e. The molecule has 3 heteroatoms. The maximum Gasteiger partial charge on any atom is 0.148 e. The Morgan fingerprint density at radius 2 is 1.76 bits per heavy atom. The van der Waals surface area contributed by atoms with Crippen molar-refractivity contribution in [2.45, 2.75) is 0 Å². The zero-order valence-electron chi connectivity index (χ0n) is 8.78. The van der Waals surface area contributed by atoms with Crippen LogP contribution < -0.4 is 0 Å². The van der Waals surface area contributed by atoms with Crippen LogP contribution in [-0.4, -0.2) is 0 Å². The monoisotopic (exact) mass is 306 g/mol. The summed E-state index contributed by atoms with van der Waals surface area (Å²) in [6, 6.07) is 13.8. The van der Waals surface area contributed by atoms with Crippen LogP contribution in [0.25, 0.3) is 22.1 Å². The highest BCUT2D eigenvalue weighted by molar-refractivity contribution is 9.10. The average Bonchev–Trinajstić information content (AvgIpc) is 2.75. The van der Waals surface area contributed by atoms with E-state index < -0.39 is 0 Å². The van der Waals surface area contributed by atoms with Gasteiger partial charge in [-0.15, -0.1) is 0 Å². The van der Waals surface area contributed by atoms with Crippen molar-refractivity contribution in [3.8, 4) is 11.1 Å². The summed E-state index contributed by atoms with van der Waals surface area (Å²) in [6.45, 7) is 0. The van der Waals surface area contributed by atoms with Gasteiger partial charge in [0.25, 0.3) is 0 Å². The molecule has 0 N–H and O–H groups in total. The molecule has 3 rings (SSSR count). The molecule has 0 saturated heterocycles. The summed E-state index contributed by atoms with van der Waals surface area (Å²) in [6.07, 6.45) is 1.78. The Bertz CT molecular complexity index is 670. The van der Waals surface area contributed by atoms with Gasteiger partial charge in [-0.05, 0) is 39.7 Å². The molecule has 0 atom stereocenters. The van der Waals surface area contributed by atoms with E-state index >= 15 is 0 Å². The van der Waals surface area contributed by atoms with Gasteiger partial charge < -0.3 is 4.42 Å². The second kappa shape index (κ2) is 4.21. The fraction of sp³-hybridized carbons (Fsp3) is 0. The highest BCUT2D eigenvalue weighted by Crippen LogP contribution is 2.34. The van der Waals surface area contributed by atoms with E-state index in [0.29, 0.717) is 0 Å². The van der Waals surface area contributed by atoms with Crippen molar-refractivity contribution in [2.75, 3.05) is 0 Å². The first-order valence-corrected chi connectivity index (χ1v) is 6.34. The molecule has 0 unspecified atom stereocenters. The summed E-state index contributed by atoms with van der Waals surface area (Å²) in [5.41, 5.74) is 3.06. The smallest absolute Gasteiger partial charge is 0.148 e. The first-order valence-electron chi connectivity index (χ1n) is 5.17. The highest BCUT2D eigenvalue weighted by atomic mass is 79.9. The molecule has 0 amide bonds. The summed E-state index contributed by atoms with van der Waals surface area (Å²) in [4.78, 5) is 0. The molecular formula is C14H8BrClO. The summed E-state index contributed by atoms with van der Waals surface area (Å²) in [5.74, 6) is 0. The molecule has 0 aliphatic carbocycles. The van der Waals surface area contributed by atoms with Crippen LogP contribution in [0.5, 0.6) is 0 Å². The first-order chi connectivity index (χ1) is 8.25. The minimum absolute atomic E-state index is 0.739. The number of hydrogen-bond donors (Lipinski definition) is 0. The standard InChI is InChI=1S/C14H8BrClO/c15-13-3-1-2-11-12(8-17-14(11)13)9-4-6-10(16)7-5-9/h1-8H. The van der Waals surface area contributed by atoms with Crippen LogP contribution in [0, 0.1) is 0 Å². The molecule has 84 valence electrons. The summed E-state index contributed by atoms with van der Waals surface area (Å²) in [5, 5.41) is 1.84. The maximum atomic E-state index is 5.89. The summed E-state index contributed by atoms with van der Waals surface area (Å²) in [7, 11) is 0. The van der Waals surface area contributed by atoms with Gasteiger partial charge in [-0.3, -0.25) is 0 Å². The van der Waals surface area contributed by atoms with Crippen LogP contribution in [0.3, 0.4) is 0 Å². The topological polar surface area (TPSA) is 13.1 Å². The van der Waals surface area contributed by atoms with E-state index in [9.17, 15) is 0 Å². The van der Waals surface area contributed by atoms with E-state index in [1.807, 2.05) is 42.5 Å². The van der Waals surface area contributed by atoms with E-state index in [4.69, 9.17) is 16.0 Å². The zero-order chi connectivity index (χ0) is 11.8. The number of hydrogen-bond acceptors (Lipinski definition) is 1. The lowest BCUT2D eigenvalue weighted by Crippen LogP contribution is -1.75. The molecule has 1 nitrogen and oxygen atoms in total. The normalized spacial score (nSPS) is 10.9. The largest absolute Gasteiger partial charge is 0.462 e. The molecule has 0 spiro atoms. The molecule has 1 aromatic heterocycles. The van der Waals surface area contributed by atoms with E-state index in [-0.39, 0.29) is 0 Å². The molecule has 0 aliphatic rings. The number of halogens is 2. The number of rotatable bonds is 1. The van der Waals surface area contributed by atoms with E-state index in [1.54, 1.807) is 6.26 Å². The van der Waals surface area contributed by atoms with Crippen LogP contribution in [0.15, 0.2) is 57.6 Å². The van der Waals surface area contributed by atoms with Crippen molar-refractivity contribution < 1.29 is 4.42 Å². The third kappa shape index (κ3) is 1.88. The molecule has 0 bridgehead atoms. The van der Waals surface area contributed by atoms with Crippen LogP contribution in [0.2, 0.25) is 5.02 Å². The molecule has 0 radical (unpaired) electrons. The molecule has 1 heterocycles. The fourth-order valence-corrected chi connectivity index (χ4v) is 2.46. The van der Waals surface area contributed by atoms with E-state index in [0.717, 1.165) is 31.6 Å². The molecule has 3 aromatic rings.